The van der Waals surface area contributed by atoms with Crippen molar-refractivity contribution in [2.24, 2.45) is 0 Å². The van der Waals surface area contributed by atoms with Gasteiger partial charge in [0.05, 0.1) is 17.5 Å². The van der Waals surface area contributed by atoms with Crippen LogP contribution in [0.4, 0.5) is 20.6 Å². The Bertz CT molecular complexity index is 926. The van der Waals surface area contributed by atoms with Crippen LogP contribution in [0.5, 0.6) is 0 Å². The Morgan fingerprint density at radius 3 is 2.71 bits per heavy atom. The smallest absolute Gasteiger partial charge is 0.411 e. The second kappa shape index (κ2) is 6.63. The van der Waals surface area contributed by atoms with Gasteiger partial charge in [-0.1, -0.05) is 18.2 Å². The molecule has 0 radical (unpaired) electrons. The summed E-state index contributed by atoms with van der Waals surface area (Å²) in [6, 6.07) is 11.3. The lowest BCUT2D eigenvalue weighted by atomic mass is 10.2. The van der Waals surface area contributed by atoms with Crippen LogP contribution in [0.1, 0.15) is 10.5 Å². The largest absolute Gasteiger partial charge is 0.453 e. The molecule has 6 nitrogen and oxygen atoms in total. The van der Waals surface area contributed by atoms with Gasteiger partial charge in [0.25, 0.3) is 5.91 Å². The van der Waals surface area contributed by atoms with Gasteiger partial charge < -0.3 is 10.1 Å². The van der Waals surface area contributed by atoms with E-state index in [1.54, 1.807) is 6.07 Å². The molecule has 1 heterocycles. The molecule has 122 valence electrons. The van der Waals surface area contributed by atoms with Gasteiger partial charge >= 0.3 is 6.09 Å². The van der Waals surface area contributed by atoms with Crippen molar-refractivity contribution in [3.05, 3.63) is 54.0 Å². The molecule has 0 saturated carbocycles. The minimum absolute atomic E-state index is 0.0426. The molecule has 0 saturated heterocycles. The Kier molecular flexibility index (Phi) is 4.39. The number of amides is 2. The zero-order valence-electron chi connectivity index (χ0n) is 12.5. The highest BCUT2D eigenvalue weighted by atomic mass is 32.1. The van der Waals surface area contributed by atoms with Crippen LogP contribution in [-0.2, 0) is 4.74 Å². The summed E-state index contributed by atoms with van der Waals surface area (Å²) in [5, 5.41) is 5.57. The average Bonchev–Trinajstić information content (AvgIpc) is 3.01. The summed E-state index contributed by atoms with van der Waals surface area (Å²) >= 11 is 1.22. The van der Waals surface area contributed by atoms with Crippen LogP contribution in [0.25, 0.3) is 10.1 Å². The molecule has 8 heteroatoms. The molecule has 2 N–H and O–H groups in total. The molecule has 0 spiro atoms. The fourth-order valence-corrected chi connectivity index (χ4v) is 2.87. The predicted octanol–water partition coefficient (Wildman–Crippen LogP) is 3.87. The normalized spacial score (nSPS) is 10.4. The summed E-state index contributed by atoms with van der Waals surface area (Å²) < 4.78 is 23.4. The van der Waals surface area contributed by atoms with Crippen molar-refractivity contribution < 1.29 is 18.7 Å². The number of hydrogen-bond donors (Lipinski definition) is 2. The van der Waals surface area contributed by atoms with Gasteiger partial charge in [0.15, 0.2) is 0 Å². The van der Waals surface area contributed by atoms with Crippen molar-refractivity contribution in [3.8, 4) is 0 Å². The summed E-state index contributed by atoms with van der Waals surface area (Å²) in [7, 11) is 1.18. The van der Waals surface area contributed by atoms with Gasteiger partial charge in [-0.15, -0.1) is 0 Å². The molecule has 1 aromatic heterocycles. The van der Waals surface area contributed by atoms with Crippen LogP contribution in [-0.4, -0.2) is 23.5 Å². The molecular formula is C16H12FN3O3S. The lowest BCUT2D eigenvalue weighted by Gasteiger charge is -2.08. The monoisotopic (exact) mass is 345 g/mol. The number of fused-ring (bicyclic) bond motifs is 1. The van der Waals surface area contributed by atoms with E-state index >= 15 is 0 Å². The Morgan fingerprint density at radius 1 is 1.17 bits per heavy atom. The van der Waals surface area contributed by atoms with Gasteiger partial charge in [0.1, 0.15) is 11.5 Å². The molecular weight excluding hydrogens is 333 g/mol. The Morgan fingerprint density at radius 2 is 1.96 bits per heavy atom. The zero-order chi connectivity index (χ0) is 17.1. The number of aromatic nitrogens is 1. The van der Waals surface area contributed by atoms with Crippen molar-refractivity contribution in [3.63, 3.8) is 0 Å². The minimum atomic E-state index is -0.778. The summed E-state index contributed by atoms with van der Waals surface area (Å²) in [4.78, 5) is 23.4. The second-order valence-electron chi connectivity index (χ2n) is 4.79. The highest BCUT2D eigenvalue weighted by Crippen LogP contribution is 2.24. The first-order valence-electron chi connectivity index (χ1n) is 6.89. The van der Waals surface area contributed by atoms with E-state index in [9.17, 15) is 14.0 Å². The molecule has 0 aliphatic rings. The molecule has 0 aliphatic heterocycles. The van der Waals surface area contributed by atoms with Gasteiger partial charge in [0, 0.05) is 11.1 Å². The fourth-order valence-electron chi connectivity index (χ4n) is 2.10. The third-order valence-corrected chi connectivity index (χ3v) is 4.07. The van der Waals surface area contributed by atoms with Crippen LogP contribution in [0.2, 0.25) is 0 Å². The lowest BCUT2D eigenvalue weighted by Crippen LogP contribution is -2.14. The quantitative estimate of drug-likeness (QED) is 0.755. The number of benzene rings is 2. The zero-order valence-corrected chi connectivity index (χ0v) is 13.3. The van der Waals surface area contributed by atoms with Crippen LogP contribution >= 0.6 is 11.5 Å². The number of rotatable bonds is 3. The number of carbonyl (C=O) groups excluding carboxylic acids is 2. The predicted molar refractivity (Wildman–Crippen MR) is 90.0 cm³/mol. The Balaban J connectivity index is 1.79. The van der Waals surface area contributed by atoms with E-state index in [0.717, 1.165) is 16.2 Å². The number of anilines is 2. The second-order valence-corrected chi connectivity index (χ2v) is 5.60. The molecule has 2 amide bonds. The highest BCUT2D eigenvalue weighted by molar-refractivity contribution is 7.13. The molecule has 0 aliphatic carbocycles. The standard InChI is InChI=1S/C16H12FN3O3S/c1-23-16(22)19-12-7-6-9(8-11(12)17)18-15(21)14-10-4-2-3-5-13(10)24-20-14/h2-8H,1H3,(H,18,21)(H,19,22). The highest BCUT2D eigenvalue weighted by Gasteiger charge is 2.15. The number of nitrogens with zero attached hydrogens (tertiary/aromatic N) is 1. The third kappa shape index (κ3) is 3.18. The van der Waals surface area contributed by atoms with Crippen molar-refractivity contribution in [1.29, 1.82) is 0 Å². The first-order chi connectivity index (χ1) is 11.6. The Labute approximate surface area is 140 Å². The van der Waals surface area contributed by atoms with Gasteiger partial charge in [0.2, 0.25) is 0 Å². The lowest BCUT2D eigenvalue weighted by molar-refractivity contribution is 0.102. The first-order valence-corrected chi connectivity index (χ1v) is 7.66. The van der Waals surface area contributed by atoms with Gasteiger partial charge in [-0.3, -0.25) is 10.1 Å². The van der Waals surface area contributed by atoms with Crippen LogP contribution in [0, 0.1) is 5.82 Å². The SMILES string of the molecule is COC(=O)Nc1ccc(NC(=O)c2nsc3ccccc23)cc1F. The first kappa shape index (κ1) is 15.9. The summed E-state index contributed by atoms with van der Waals surface area (Å²) in [5.41, 5.74) is 0.497. The van der Waals surface area contributed by atoms with Gasteiger partial charge in [-0.05, 0) is 35.8 Å². The molecule has 0 fully saturated rings. The maximum atomic E-state index is 14.0. The molecule has 0 bridgehead atoms. The number of carbonyl (C=O) groups is 2. The Hall–Kier alpha value is -3.00. The summed E-state index contributed by atoms with van der Waals surface area (Å²) in [6.45, 7) is 0. The maximum absolute atomic E-state index is 14.0. The molecule has 3 rings (SSSR count). The summed E-state index contributed by atoms with van der Waals surface area (Å²) in [6.07, 6.45) is -0.778. The van der Waals surface area contributed by atoms with Crippen molar-refractivity contribution in [1.82, 2.24) is 4.37 Å². The van der Waals surface area contributed by atoms with Crippen molar-refractivity contribution in [2.45, 2.75) is 0 Å². The van der Waals surface area contributed by atoms with Crippen molar-refractivity contribution >= 4 is 45.0 Å². The molecule has 2 aromatic carbocycles. The van der Waals surface area contributed by atoms with E-state index < -0.39 is 17.8 Å². The number of halogens is 1. The third-order valence-electron chi connectivity index (χ3n) is 3.24. The van der Waals surface area contributed by atoms with E-state index in [1.165, 1.54) is 30.8 Å². The van der Waals surface area contributed by atoms with E-state index in [1.807, 2.05) is 18.2 Å². The van der Waals surface area contributed by atoms with Crippen LogP contribution in [0.15, 0.2) is 42.5 Å². The molecule has 0 atom stereocenters. The maximum Gasteiger partial charge on any atom is 0.411 e. The number of methoxy groups -OCH3 is 1. The van der Waals surface area contributed by atoms with Crippen LogP contribution in [0.3, 0.4) is 0 Å². The molecule has 3 aromatic rings. The topological polar surface area (TPSA) is 80.3 Å². The summed E-state index contributed by atoms with van der Waals surface area (Å²) in [5.74, 6) is -1.12. The molecule has 0 unspecified atom stereocenters. The van der Waals surface area contributed by atoms with Crippen molar-refractivity contribution in [2.75, 3.05) is 17.7 Å². The number of nitrogens with one attached hydrogen (secondary N) is 2. The van der Waals surface area contributed by atoms with E-state index in [0.29, 0.717) is 0 Å². The number of ether oxygens (including phenoxy) is 1. The number of hydrogen-bond acceptors (Lipinski definition) is 5. The van der Waals surface area contributed by atoms with Crippen LogP contribution < -0.4 is 10.6 Å². The average molecular weight is 345 g/mol. The minimum Gasteiger partial charge on any atom is -0.453 e. The van der Waals surface area contributed by atoms with E-state index in [2.05, 4.69) is 19.7 Å². The fraction of sp³-hybridized carbons (Fsp3) is 0.0625. The van der Waals surface area contributed by atoms with E-state index in [4.69, 9.17) is 0 Å². The van der Waals surface area contributed by atoms with Gasteiger partial charge in [-0.25, -0.2) is 9.18 Å². The molecule has 24 heavy (non-hydrogen) atoms. The van der Waals surface area contributed by atoms with Gasteiger partial charge in [-0.2, -0.15) is 4.37 Å². The van der Waals surface area contributed by atoms with E-state index in [-0.39, 0.29) is 17.1 Å².